The zero-order chi connectivity index (χ0) is 21.8. The van der Waals surface area contributed by atoms with Crippen molar-refractivity contribution in [3.63, 3.8) is 0 Å². The zero-order valence-corrected chi connectivity index (χ0v) is 16.8. The number of ether oxygens (including phenoxy) is 1. The molecule has 0 aromatic heterocycles. The smallest absolute Gasteiger partial charge is 0.304 e. The van der Waals surface area contributed by atoms with Crippen molar-refractivity contribution in [3.05, 3.63) is 101 Å². The highest BCUT2D eigenvalue weighted by Crippen LogP contribution is 2.27. The summed E-state index contributed by atoms with van der Waals surface area (Å²) in [6.45, 7) is 0. The number of carbonyl (C=O) groups excluding carboxylic acids is 2. The number of nitrogens with one attached hydrogen (secondary N) is 2. The van der Waals surface area contributed by atoms with Crippen LogP contribution in [0.2, 0.25) is 0 Å². The normalized spacial score (nSPS) is 19.2. The minimum absolute atomic E-state index is 0.271. The summed E-state index contributed by atoms with van der Waals surface area (Å²) in [6, 6.07) is 20.7. The van der Waals surface area contributed by atoms with Crippen molar-refractivity contribution >= 4 is 18.0 Å². The Morgan fingerprint density at radius 2 is 1.71 bits per heavy atom. The van der Waals surface area contributed by atoms with Crippen LogP contribution in [0.15, 0.2) is 78.9 Å². The summed E-state index contributed by atoms with van der Waals surface area (Å²) in [4.78, 5) is 25.6. The quantitative estimate of drug-likeness (QED) is 0.626. The molecule has 1 saturated heterocycles. The highest BCUT2D eigenvalue weighted by atomic mass is 19.1. The number of carbonyl (C=O) groups is 2. The van der Waals surface area contributed by atoms with Gasteiger partial charge in [-0.15, -0.1) is 10.1 Å². The first-order valence-corrected chi connectivity index (χ1v) is 9.74. The first kappa shape index (κ1) is 20.3. The Bertz CT molecular complexity index is 1110. The molecular weight excluding hydrogens is 397 g/mol. The van der Waals surface area contributed by atoms with Gasteiger partial charge in [0, 0.05) is 16.7 Å². The van der Waals surface area contributed by atoms with Crippen molar-refractivity contribution in [2.24, 2.45) is 0 Å². The van der Waals surface area contributed by atoms with E-state index in [0.29, 0.717) is 5.75 Å². The predicted octanol–water partition coefficient (Wildman–Crippen LogP) is 2.85. The Morgan fingerprint density at radius 1 is 1.03 bits per heavy atom. The summed E-state index contributed by atoms with van der Waals surface area (Å²) >= 11 is 0. The lowest BCUT2D eigenvalue weighted by Crippen LogP contribution is -2.42. The number of hydrazone groups is 1. The zero-order valence-electron chi connectivity index (χ0n) is 16.8. The van der Waals surface area contributed by atoms with Gasteiger partial charge in [-0.2, -0.15) is 0 Å². The van der Waals surface area contributed by atoms with Gasteiger partial charge in [-0.25, -0.2) is 4.39 Å². The van der Waals surface area contributed by atoms with Gasteiger partial charge in [-0.3, -0.25) is 9.59 Å². The van der Waals surface area contributed by atoms with Crippen LogP contribution in [0.1, 0.15) is 27.5 Å². The molecule has 2 N–H and O–H groups in total. The highest BCUT2D eigenvalue weighted by molar-refractivity contribution is 5.98. The summed E-state index contributed by atoms with van der Waals surface area (Å²) in [5.74, 6) is -0.551. The third-order valence-electron chi connectivity index (χ3n) is 5.08. The molecule has 156 valence electrons. The average Bonchev–Trinajstić information content (AvgIpc) is 3.09. The molecule has 0 saturated carbocycles. The van der Waals surface area contributed by atoms with Crippen molar-refractivity contribution in [1.82, 2.24) is 10.7 Å². The number of amides is 2. The molecule has 3 aromatic rings. The number of hydrazine groups is 1. The van der Waals surface area contributed by atoms with Crippen molar-refractivity contribution in [1.29, 1.82) is 0 Å². The SMILES string of the molecule is COc1ccc([C@@H]2[C@@H](NC(=O)c3ccc(F)cc3)C(=O)N/[N+]2=C\c2ccccc2)cc1. The summed E-state index contributed by atoms with van der Waals surface area (Å²) < 4.78 is 20.1. The van der Waals surface area contributed by atoms with Gasteiger partial charge in [-0.1, -0.05) is 18.2 Å². The second kappa shape index (κ2) is 8.79. The molecule has 0 radical (unpaired) electrons. The number of rotatable bonds is 5. The maximum Gasteiger partial charge on any atom is 0.304 e. The fourth-order valence-corrected chi connectivity index (χ4v) is 3.51. The van der Waals surface area contributed by atoms with Crippen molar-refractivity contribution < 1.29 is 23.4 Å². The van der Waals surface area contributed by atoms with Crippen molar-refractivity contribution in [2.45, 2.75) is 12.1 Å². The van der Waals surface area contributed by atoms with Crippen molar-refractivity contribution in [3.8, 4) is 5.75 Å². The molecule has 1 heterocycles. The van der Waals surface area contributed by atoms with Gasteiger partial charge in [0.2, 0.25) is 12.3 Å². The first-order chi connectivity index (χ1) is 15.0. The lowest BCUT2D eigenvalue weighted by atomic mass is 9.99. The predicted molar refractivity (Wildman–Crippen MR) is 113 cm³/mol. The highest BCUT2D eigenvalue weighted by Gasteiger charge is 2.47. The van der Waals surface area contributed by atoms with E-state index in [1.165, 1.54) is 24.3 Å². The third-order valence-corrected chi connectivity index (χ3v) is 5.08. The van der Waals surface area contributed by atoms with E-state index >= 15 is 0 Å². The molecule has 2 amide bonds. The van der Waals surface area contributed by atoms with Crippen LogP contribution < -0.4 is 15.5 Å². The van der Waals surface area contributed by atoms with Gasteiger partial charge in [0.1, 0.15) is 11.6 Å². The summed E-state index contributed by atoms with van der Waals surface area (Å²) in [6.07, 6.45) is 1.82. The lowest BCUT2D eigenvalue weighted by molar-refractivity contribution is -0.596. The molecule has 2 atom stereocenters. The largest absolute Gasteiger partial charge is 0.497 e. The van der Waals surface area contributed by atoms with Gasteiger partial charge in [0.25, 0.3) is 5.91 Å². The molecule has 1 fully saturated rings. The Hall–Kier alpha value is -4.00. The molecule has 3 aromatic carbocycles. The number of halogens is 1. The fourth-order valence-electron chi connectivity index (χ4n) is 3.51. The Morgan fingerprint density at radius 3 is 2.35 bits per heavy atom. The van der Waals surface area contributed by atoms with Crippen LogP contribution in [-0.2, 0) is 4.79 Å². The molecule has 31 heavy (non-hydrogen) atoms. The summed E-state index contributed by atoms with van der Waals surface area (Å²) in [5, 5.41) is 2.79. The number of nitrogens with zero attached hydrogens (tertiary/aromatic N) is 1. The van der Waals surface area contributed by atoms with Crippen LogP contribution >= 0.6 is 0 Å². The van der Waals surface area contributed by atoms with Crippen LogP contribution in [-0.4, -0.2) is 35.9 Å². The van der Waals surface area contributed by atoms with Gasteiger partial charge in [-0.05, 0) is 60.7 Å². The Kier molecular flexibility index (Phi) is 5.75. The van der Waals surface area contributed by atoms with E-state index in [1.807, 2.05) is 48.7 Å². The van der Waals surface area contributed by atoms with Crippen LogP contribution in [0, 0.1) is 5.82 Å². The molecule has 0 unspecified atom stereocenters. The maximum absolute atomic E-state index is 13.2. The van der Waals surface area contributed by atoms with Gasteiger partial charge in [0.05, 0.1) is 7.11 Å². The van der Waals surface area contributed by atoms with E-state index in [0.717, 1.165) is 11.1 Å². The monoisotopic (exact) mass is 418 g/mol. The van der Waals surface area contributed by atoms with Gasteiger partial charge >= 0.3 is 5.91 Å². The maximum atomic E-state index is 13.2. The Labute approximate surface area is 179 Å². The number of benzene rings is 3. The molecule has 0 bridgehead atoms. The van der Waals surface area contributed by atoms with E-state index < -0.39 is 23.8 Å². The number of methoxy groups -OCH3 is 1. The number of hydrogen-bond donors (Lipinski definition) is 2. The van der Waals surface area contributed by atoms with E-state index in [2.05, 4.69) is 10.7 Å². The second-order valence-electron chi connectivity index (χ2n) is 7.10. The number of hydrogen-bond acceptors (Lipinski definition) is 3. The molecular formula is C24H21FN3O3+. The standard InChI is InChI=1S/C24H20FN3O3/c1-31-20-13-9-17(10-14-20)22-21(26-23(29)18-7-11-19(25)12-8-18)24(30)27-28(22)15-16-5-3-2-4-6-16/h2-15,21-22H,1H3,(H-,26,27,29,30)/p+1/b28-15-/t21-,22-/m1/s1. The van der Waals surface area contributed by atoms with E-state index in [9.17, 15) is 14.0 Å². The topological polar surface area (TPSA) is 70.4 Å². The second-order valence-corrected chi connectivity index (χ2v) is 7.10. The first-order valence-electron chi connectivity index (χ1n) is 9.74. The Balaban J connectivity index is 1.69. The third kappa shape index (κ3) is 4.45. The van der Waals surface area contributed by atoms with Crippen LogP contribution in [0.5, 0.6) is 5.75 Å². The van der Waals surface area contributed by atoms with E-state index in [1.54, 1.807) is 23.9 Å². The van der Waals surface area contributed by atoms with E-state index in [-0.39, 0.29) is 11.5 Å². The molecule has 4 rings (SSSR count). The van der Waals surface area contributed by atoms with Gasteiger partial charge in [0.15, 0.2) is 6.04 Å². The van der Waals surface area contributed by atoms with Crippen LogP contribution in [0.3, 0.4) is 0 Å². The molecule has 6 nitrogen and oxygen atoms in total. The average molecular weight is 418 g/mol. The summed E-state index contributed by atoms with van der Waals surface area (Å²) in [5.41, 5.74) is 4.81. The minimum Gasteiger partial charge on any atom is -0.497 e. The van der Waals surface area contributed by atoms with Gasteiger partial charge < -0.3 is 10.1 Å². The van der Waals surface area contributed by atoms with E-state index in [4.69, 9.17) is 4.74 Å². The summed E-state index contributed by atoms with van der Waals surface area (Å²) in [7, 11) is 1.58. The fraction of sp³-hybridized carbons (Fsp3) is 0.125. The minimum atomic E-state index is -0.856. The van der Waals surface area contributed by atoms with Crippen LogP contribution in [0.4, 0.5) is 4.39 Å². The molecule has 7 heteroatoms. The molecule has 0 aliphatic carbocycles. The van der Waals surface area contributed by atoms with Crippen LogP contribution in [0.25, 0.3) is 0 Å². The molecule has 0 spiro atoms. The van der Waals surface area contributed by atoms with Crippen molar-refractivity contribution in [2.75, 3.05) is 7.11 Å². The molecule has 1 aliphatic heterocycles. The lowest BCUT2D eigenvalue weighted by Gasteiger charge is -2.15. The molecule has 1 aliphatic rings.